The Kier molecular flexibility index (Phi) is 5.23. The molecule has 0 fully saturated rings. The summed E-state index contributed by atoms with van der Waals surface area (Å²) in [5.41, 5.74) is 2.54. The molecule has 3 rings (SSSR count). The minimum atomic E-state index is 0.559. The minimum absolute atomic E-state index is 0.559. The van der Waals surface area contributed by atoms with Gasteiger partial charge in [-0.15, -0.1) is 0 Å². The lowest BCUT2D eigenvalue weighted by Gasteiger charge is -2.16. The normalized spacial score (nSPS) is 11.4. The number of aromatic nitrogens is 2. The van der Waals surface area contributed by atoms with E-state index >= 15 is 0 Å². The summed E-state index contributed by atoms with van der Waals surface area (Å²) in [5, 5.41) is 7.19. The first-order chi connectivity index (χ1) is 11.6. The molecule has 0 aliphatic carbocycles. The molecule has 0 saturated carbocycles. The van der Waals surface area contributed by atoms with E-state index in [9.17, 15) is 0 Å². The van der Waals surface area contributed by atoms with Crippen LogP contribution in [-0.4, -0.2) is 22.7 Å². The lowest BCUT2D eigenvalue weighted by Crippen LogP contribution is -2.17. The molecule has 1 aromatic heterocycles. The molecule has 4 nitrogen and oxygen atoms in total. The molecule has 1 heterocycles. The van der Waals surface area contributed by atoms with Crippen molar-refractivity contribution < 1.29 is 0 Å². The Balaban J connectivity index is 2.03. The Morgan fingerprint density at radius 2 is 1.62 bits per heavy atom. The van der Waals surface area contributed by atoms with Crippen molar-refractivity contribution in [2.45, 2.75) is 0 Å². The average molecular weight is 402 g/mol. The number of hydrogen-bond acceptors (Lipinski definition) is 4. The Hall–Kier alpha value is -2.24. The van der Waals surface area contributed by atoms with Crippen LogP contribution in [0.1, 0.15) is 11.4 Å². The molecule has 2 aromatic carbocycles. The van der Waals surface area contributed by atoms with Gasteiger partial charge in [-0.1, -0.05) is 39.7 Å². The van der Waals surface area contributed by atoms with Crippen molar-refractivity contribution in [3.8, 4) is 0 Å². The third-order valence-electron chi connectivity index (χ3n) is 3.35. The second-order valence-corrected chi connectivity index (χ2v) is 6.38. The molecule has 0 atom stereocenters. The summed E-state index contributed by atoms with van der Waals surface area (Å²) in [4.78, 5) is 8.66. The highest BCUT2D eigenvalue weighted by Gasteiger charge is 2.12. The molecule has 0 aliphatic rings. The van der Waals surface area contributed by atoms with Crippen molar-refractivity contribution in [2.24, 2.45) is 5.10 Å². The fourth-order valence-corrected chi connectivity index (χ4v) is 2.52. The molecular formula is C18H14BrClN4. The van der Waals surface area contributed by atoms with Gasteiger partial charge in [0.2, 0.25) is 0 Å². The fraction of sp³-hybridized carbons (Fsp3) is 0.0556. The summed E-state index contributed by atoms with van der Waals surface area (Å²) < 4.78 is 1.02. The van der Waals surface area contributed by atoms with Gasteiger partial charge in [0.05, 0.1) is 5.69 Å². The monoisotopic (exact) mass is 400 g/mol. The van der Waals surface area contributed by atoms with Crippen LogP contribution in [0, 0.1) is 0 Å². The average Bonchev–Trinajstić information content (AvgIpc) is 2.62. The van der Waals surface area contributed by atoms with Gasteiger partial charge in [0.1, 0.15) is 5.71 Å². The summed E-state index contributed by atoms with van der Waals surface area (Å²) in [6.07, 6.45) is 3.40. The molecule has 0 bridgehead atoms. The van der Waals surface area contributed by atoms with Crippen molar-refractivity contribution in [3.63, 3.8) is 0 Å². The highest BCUT2D eigenvalue weighted by molar-refractivity contribution is 9.10. The zero-order valence-electron chi connectivity index (χ0n) is 12.9. The molecule has 0 radical (unpaired) electrons. The number of hydrogen-bond donors (Lipinski definition) is 0. The van der Waals surface area contributed by atoms with E-state index in [1.165, 1.54) is 0 Å². The van der Waals surface area contributed by atoms with Crippen LogP contribution in [-0.2, 0) is 0 Å². The molecule has 120 valence electrons. The maximum atomic E-state index is 5.99. The van der Waals surface area contributed by atoms with E-state index in [1.54, 1.807) is 23.5 Å². The topological polar surface area (TPSA) is 41.4 Å². The van der Waals surface area contributed by atoms with Crippen molar-refractivity contribution in [1.29, 1.82) is 0 Å². The second kappa shape index (κ2) is 7.55. The second-order valence-electron chi connectivity index (χ2n) is 5.03. The predicted octanol–water partition coefficient (Wildman–Crippen LogP) is 4.78. The van der Waals surface area contributed by atoms with Crippen molar-refractivity contribution in [3.05, 3.63) is 87.9 Å². The van der Waals surface area contributed by atoms with Crippen LogP contribution in [0.5, 0.6) is 0 Å². The lowest BCUT2D eigenvalue weighted by atomic mass is 10.1. The number of nitrogens with zero attached hydrogens (tertiary/aromatic N) is 4. The predicted molar refractivity (Wildman–Crippen MR) is 102 cm³/mol. The van der Waals surface area contributed by atoms with Gasteiger partial charge in [0.25, 0.3) is 0 Å². The van der Waals surface area contributed by atoms with E-state index in [4.69, 9.17) is 16.7 Å². The molecule has 6 heteroatoms. The van der Waals surface area contributed by atoms with Gasteiger partial charge in [-0.05, 0) is 42.5 Å². The Morgan fingerprint density at radius 1 is 1.00 bits per heavy atom. The van der Waals surface area contributed by atoms with Gasteiger partial charge in [-0.3, -0.25) is 5.01 Å². The summed E-state index contributed by atoms with van der Waals surface area (Å²) in [5.74, 6) is 0.559. The quantitative estimate of drug-likeness (QED) is 0.466. The molecule has 24 heavy (non-hydrogen) atoms. The number of rotatable bonds is 4. The number of halogens is 2. The summed E-state index contributed by atoms with van der Waals surface area (Å²) in [6.45, 7) is 0. The van der Waals surface area contributed by atoms with Crippen LogP contribution in [0.25, 0.3) is 0 Å². The Bertz CT molecular complexity index is 833. The van der Waals surface area contributed by atoms with E-state index in [-0.39, 0.29) is 0 Å². The zero-order valence-corrected chi connectivity index (χ0v) is 15.2. The maximum absolute atomic E-state index is 5.99. The highest BCUT2D eigenvalue weighted by atomic mass is 79.9. The first-order valence-electron chi connectivity index (χ1n) is 7.25. The largest absolute Gasteiger partial charge is 0.268 e. The third-order valence-corrected chi connectivity index (χ3v) is 4.13. The van der Waals surface area contributed by atoms with Crippen LogP contribution in [0.15, 0.2) is 76.6 Å². The van der Waals surface area contributed by atoms with Crippen molar-refractivity contribution in [1.82, 2.24) is 9.97 Å². The Labute approximate surface area is 154 Å². The van der Waals surface area contributed by atoms with Gasteiger partial charge in [-0.25, -0.2) is 9.97 Å². The first-order valence-corrected chi connectivity index (χ1v) is 8.42. The van der Waals surface area contributed by atoms with Gasteiger partial charge in [0, 0.05) is 34.5 Å². The van der Waals surface area contributed by atoms with E-state index < -0.39 is 0 Å². The molecule has 3 aromatic rings. The molecule has 0 unspecified atom stereocenters. The minimum Gasteiger partial charge on any atom is -0.268 e. The van der Waals surface area contributed by atoms with Crippen LogP contribution < -0.4 is 5.01 Å². The van der Waals surface area contributed by atoms with Gasteiger partial charge in [-0.2, -0.15) is 5.10 Å². The molecule has 0 spiro atoms. The van der Waals surface area contributed by atoms with Gasteiger partial charge >= 0.3 is 0 Å². The van der Waals surface area contributed by atoms with Crippen molar-refractivity contribution >= 4 is 38.9 Å². The smallest absolute Gasteiger partial charge is 0.180 e. The maximum Gasteiger partial charge on any atom is 0.180 e. The lowest BCUT2D eigenvalue weighted by molar-refractivity contribution is 1.00. The standard InChI is InChI=1S/C18H14BrClN4/c1-24(16-9-5-14(19)6-10-16)23-17(18-21-11-2-12-22-18)13-3-7-15(20)8-4-13/h2-12H,1H3/b23-17+. The first kappa shape index (κ1) is 16.6. The fourth-order valence-electron chi connectivity index (χ4n) is 2.13. The summed E-state index contributed by atoms with van der Waals surface area (Å²) in [6, 6.07) is 17.2. The molecule has 0 saturated heterocycles. The van der Waals surface area contributed by atoms with E-state index in [1.807, 2.05) is 55.6 Å². The summed E-state index contributed by atoms with van der Waals surface area (Å²) >= 11 is 9.43. The van der Waals surface area contributed by atoms with Crippen LogP contribution >= 0.6 is 27.5 Å². The molecular weight excluding hydrogens is 388 g/mol. The van der Waals surface area contributed by atoms with E-state index in [0.717, 1.165) is 15.7 Å². The zero-order chi connectivity index (χ0) is 16.9. The molecule has 0 amide bonds. The van der Waals surface area contributed by atoms with E-state index in [0.29, 0.717) is 16.6 Å². The number of hydrazone groups is 1. The molecule has 0 N–H and O–H groups in total. The van der Waals surface area contributed by atoms with Crippen LogP contribution in [0.3, 0.4) is 0 Å². The highest BCUT2D eigenvalue weighted by Crippen LogP contribution is 2.19. The third kappa shape index (κ3) is 3.99. The van der Waals surface area contributed by atoms with Crippen LogP contribution in [0.4, 0.5) is 5.69 Å². The number of benzene rings is 2. The summed E-state index contributed by atoms with van der Waals surface area (Å²) in [7, 11) is 1.89. The van der Waals surface area contributed by atoms with Gasteiger partial charge in [0.15, 0.2) is 5.82 Å². The Morgan fingerprint density at radius 3 is 2.25 bits per heavy atom. The van der Waals surface area contributed by atoms with Gasteiger partial charge < -0.3 is 0 Å². The number of anilines is 1. The SMILES string of the molecule is CN(/N=C(\c1ccc(Cl)cc1)c1ncccn1)c1ccc(Br)cc1. The van der Waals surface area contributed by atoms with E-state index in [2.05, 4.69) is 25.9 Å². The van der Waals surface area contributed by atoms with Crippen LogP contribution in [0.2, 0.25) is 5.02 Å². The molecule has 0 aliphatic heterocycles. The van der Waals surface area contributed by atoms with Crippen molar-refractivity contribution in [2.75, 3.05) is 12.1 Å².